The number of allylic oxidation sites excluding steroid dienone is 1. The van der Waals surface area contributed by atoms with Crippen LogP contribution in [-0.4, -0.2) is 12.1 Å². The lowest BCUT2D eigenvalue weighted by molar-refractivity contribution is -0.137. The zero-order chi connectivity index (χ0) is 18.0. The van der Waals surface area contributed by atoms with Gasteiger partial charge in [-0.25, -0.2) is 0 Å². The van der Waals surface area contributed by atoms with Gasteiger partial charge < -0.3 is 9.15 Å². The Balaban J connectivity index is 2.00. The van der Waals surface area contributed by atoms with Gasteiger partial charge in [-0.2, -0.15) is 18.4 Å². The third-order valence-electron chi connectivity index (χ3n) is 3.52. The fraction of sp³-hybridized carbons (Fsp3) is 0.111. The Morgan fingerprint density at radius 1 is 1.28 bits per heavy atom. The minimum absolute atomic E-state index is 0.0896. The van der Waals surface area contributed by atoms with E-state index < -0.39 is 11.7 Å². The van der Waals surface area contributed by atoms with Crippen molar-refractivity contribution < 1.29 is 22.3 Å². The zero-order valence-corrected chi connectivity index (χ0v) is 13.0. The summed E-state index contributed by atoms with van der Waals surface area (Å²) >= 11 is 0. The zero-order valence-electron chi connectivity index (χ0n) is 13.0. The number of hydrogen-bond donors (Lipinski definition) is 0. The van der Waals surface area contributed by atoms with Crippen LogP contribution in [0.5, 0.6) is 5.75 Å². The second-order valence-electron chi connectivity index (χ2n) is 5.13. The number of halogens is 3. The van der Waals surface area contributed by atoms with Crippen molar-refractivity contribution >= 4 is 22.6 Å². The number of aromatic nitrogens is 1. The number of methoxy groups -OCH3 is 1. The highest BCUT2D eigenvalue weighted by Crippen LogP contribution is 2.31. The van der Waals surface area contributed by atoms with Crippen molar-refractivity contribution in [2.75, 3.05) is 7.11 Å². The highest BCUT2D eigenvalue weighted by Gasteiger charge is 2.30. The predicted molar refractivity (Wildman–Crippen MR) is 85.5 cm³/mol. The van der Waals surface area contributed by atoms with Crippen LogP contribution in [0.4, 0.5) is 13.2 Å². The van der Waals surface area contributed by atoms with Crippen molar-refractivity contribution in [2.45, 2.75) is 6.18 Å². The molecule has 0 N–H and O–H groups in total. The molecule has 4 nitrogen and oxygen atoms in total. The van der Waals surface area contributed by atoms with E-state index in [2.05, 4.69) is 4.98 Å². The first-order chi connectivity index (χ1) is 11.9. The second-order valence-corrected chi connectivity index (χ2v) is 5.13. The lowest BCUT2D eigenvalue weighted by Crippen LogP contribution is -2.05. The number of nitriles is 1. The summed E-state index contributed by atoms with van der Waals surface area (Å²) in [6.07, 6.45) is -2.35. The topological polar surface area (TPSA) is 59.0 Å². The molecule has 3 aromatic rings. The molecule has 126 valence electrons. The molecule has 0 spiro atoms. The summed E-state index contributed by atoms with van der Waals surface area (Å²) in [6.45, 7) is 0. The Hall–Kier alpha value is -3.27. The summed E-state index contributed by atoms with van der Waals surface area (Å²) < 4.78 is 48.6. The Morgan fingerprint density at radius 2 is 2.08 bits per heavy atom. The predicted octanol–water partition coefficient (Wildman–Crippen LogP) is 4.92. The van der Waals surface area contributed by atoms with Crippen LogP contribution in [0.3, 0.4) is 0 Å². The Morgan fingerprint density at radius 3 is 2.68 bits per heavy atom. The maximum absolute atomic E-state index is 12.6. The number of benzene rings is 1. The van der Waals surface area contributed by atoms with E-state index in [1.165, 1.54) is 13.2 Å². The van der Waals surface area contributed by atoms with E-state index in [1.807, 2.05) is 12.1 Å². The monoisotopic (exact) mass is 344 g/mol. The Kier molecular flexibility index (Phi) is 4.19. The van der Waals surface area contributed by atoms with Gasteiger partial charge in [-0.05, 0) is 24.3 Å². The fourth-order valence-electron chi connectivity index (χ4n) is 2.31. The van der Waals surface area contributed by atoms with Gasteiger partial charge in [-0.1, -0.05) is 12.1 Å². The number of para-hydroxylation sites is 1. The Labute approximate surface area is 140 Å². The van der Waals surface area contributed by atoms with Crippen molar-refractivity contribution in [3.8, 4) is 11.8 Å². The van der Waals surface area contributed by atoms with Crippen molar-refractivity contribution in [1.82, 2.24) is 4.98 Å². The van der Waals surface area contributed by atoms with Crippen LogP contribution >= 0.6 is 0 Å². The third kappa shape index (κ3) is 3.33. The number of furan rings is 1. The minimum atomic E-state index is -4.47. The van der Waals surface area contributed by atoms with E-state index in [1.54, 1.807) is 18.2 Å². The average Bonchev–Trinajstić information content (AvgIpc) is 3.01. The second kappa shape index (κ2) is 6.32. The van der Waals surface area contributed by atoms with Crippen molar-refractivity contribution in [2.24, 2.45) is 0 Å². The van der Waals surface area contributed by atoms with Gasteiger partial charge in [0.1, 0.15) is 11.8 Å². The van der Waals surface area contributed by atoms with Gasteiger partial charge in [0.15, 0.2) is 11.3 Å². The largest absolute Gasteiger partial charge is 0.493 e. The molecule has 0 bridgehead atoms. The number of ether oxygens (including phenoxy) is 1. The average molecular weight is 344 g/mol. The third-order valence-corrected chi connectivity index (χ3v) is 3.52. The molecule has 0 saturated heterocycles. The molecule has 0 atom stereocenters. The highest BCUT2D eigenvalue weighted by molar-refractivity contribution is 5.91. The Bertz CT molecular complexity index is 980. The molecule has 25 heavy (non-hydrogen) atoms. The van der Waals surface area contributed by atoms with E-state index in [-0.39, 0.29) is 11.3 Å². The van der Waals surface area contributed by atoms with Crippen LogP contribution in [0.15, 0.2) is 47.0 Å². The van der Waals surface area contributed by atoms with Crippen LogP contribution in [0, 0.1) is 11.3 Å². The molecule has 7 heteroatoms. The summed E-state index contributed by atoms with van der Waals surface area (Å²) in [7, 11) is 1.51. The standard InChI is InChI=1S/C18H11F3N2O2/c1-24-16-4-2-3-11-7-14(25-17(11)16)8-12(9-22)15-6-5-13(10-23-15)18(19,20)21/h2-8,10H,1H3/b12-8+. The molecule has 2 heterocycles. The fourth-order valence-corrected chi connectivity index (χ4v) is 2.31. The molecule has 0 aliphatic heterocycles. The number of fused-ring (bicyclic) bond motifs is 1. The van der Waals surface area contributed by atoms with Crippen LogP contribution in [0.2, 0.25) is 0 Å². The summed E-state index contributed by atoms with van der Waals surface area (Å²) in [5.41, 5.74) is -0.134. The molecule has 0 aliphatic carbocycles. The molecule has 2 aromatic heterocycles. The normalized spacial score (nSPS) is 12.2. The van der Waals surface area contributed by atoms with Gasteiger partial charge in [0, 0.05) is 17.7 Å². The quantitative estimate of drug-likeness (QED) is 0.633. The lowest BCUT2D eigenvalue weighted by Gasteiger charge is -2.06. The number of pyridine rings is 1. The highest BCUT2D eigenvalue weighted by atomic mass is 19.4. The SMILES string of the molecule is COc1cccc2cc(/C=C(\C#N)c3ccc(C(F)(F)F)cn3)oc12. The van der Waals surface area contributed by atoms with E-state index in [0.717, 1.165) is 17.5 Å². The maximum atomic E-state index is 12.6. The molecule has 0 fully saturated rings. The van der Waals surface area contributed by atoms with Crippen LogP contribution in [0.25, 0.3) is 22.6 Å². The van der Waals surface area contributed by atoms with Crippen molar-refractivity contribution in [3.63, 3.8) is 0 Å². The molecule has 0 aliphatic rings. The lowest BCUT2D eigenvalue weighted by atomic mass is 10.1. The summed E-state index contributed by atoms with van der Waals surface area (Å²) in [4.78, 5) is 3.72. The first-order valence-electron chi connectivity index (χ1n) is 7.14. The molecular weight excluding hydrogens is 333 g/mol. The number of hydrogen-bond acceptors (Lipinski definition) is 4. The maximum Gasteiger partial charge on any atom is 0.417 e. The van der Waals surface area contributed by atoms with Gasteiger partial charge in [0.05, 0.1) is 23.9 Å². The van der Waals surface area contributed by atoms with Gasteiger partial charge in [-0.15, -0.1) is 0 Å². The van der Waals surface area contributed by atoms with E-state index in [0.29, 0.717) is 23.3 Å². The summed E-state index contributed by atoms with van der Waals surface area (Å²) in [6, 6.07) is 11.0. The molecule has 1 aromatic carbocycles. The number of nitrogens with zero attached hydrogens (tertiary/aromatic N) is 2. The molecule has 3 rings (SSSR count). The molecule has 0 amide bonds. The first-order valence-corrected chi connectivity index (χ1v) is 7.14. The van der Waals surface area contributed by atoms with E-state index in [4.69, 9.17) is 9.15 Å². The van der Waals surface area contributed by atoms with E-state index >= 15 is 0 Å². The van der Waals surface area contributed by atoms with Crippen molar-refractivity contribution in [3.05, 3.63) is 59.6 Å². The summed E-state index contributed by atoms with van der Waals surface area (Å²) in [5, 5.41) is 10.1. The minimum Gasteiger partial charge on any atom is -0.493 e. The van der Waals surface area contributed by atoms with Gasteiger partial charge >= 0.3 is 6.18 Å². The first kappa shape index (κ1) is 16.6. The molecule has 0 saturated carbocycles. The van der Waals surface area contributed by atoms with Crippen LogP contribution in [0.1, 0.15) is 17.0 Å². The number of alkyl halides is 3. The van der Waals surface area contributed by atoms with Crippen LogP contribution in [-0.2, 0) is 6.18 Å². The molecule has 0 radical (unpaired) electrons. The molecule has 0 unspecified atom stereocenters. The molecular formula is C18H11F3N2O2. The van der Waals surface area contributed by atoms with Crippen molar-refractivity contribution in [1.29, 1.82) is 5.26 Å². The van der Waals surface area contributed by atoms with Gasteiger partial charge in [-0.3, -0.25) is 4.98 Å². The van der Waals surface area contributed by atoms with E-state index in [9.17, 15) is 18.4 Å². The van der Waals surface area contributed by atoms with Gasteiger partial charge in [0.25, 0.3) is 0 Å². The van der Waals surface area contributed by atoms with Crippen LogP contribution < -0.4 is 4.74 Å². The number of rotatable bonds is 3. The summed E-state index contributed by atoms with van der Waals surface area (Å²) in [5.74, 6) is 0.918. The smallest absolute Gasteiger partial charge is 0.417 e. The van der Waals surface area contributed by atoms with Gasteiger partial charge in [0.2, 0.25) is 0 Å².